The molecule has 1 aliphatic carbocycles. The van der Waals surface area contributed by atoms with Gasteiger partial charge in [0, 0.05) is 19.5 Å². The third-order valence-corrected chi connectivity index (χ3v) is 13.2. The van der Waals surface area contributed by atoms with Crippen molar-refractivity contribution < 1.29 is 41.9 Å². The van der Waals surface area contributed by atoms with E-state index in [4.69, 9.17) is 21.1 Å². The van der Waals surface area contributed by atoms with Crippen molar-refractivity contribution in [2.24, 2.45) is 5.92 Å². The number of benzene rings is 1. The van der Waals surface area contributed by atoms with E-state index in [1.807, 2.05) is 24.3 Å². The summed E-state index contributed by atoms with van der Waals surface area (Å²) in [5.74, 6) is -2.45. The molecule has 0 radical (unpaired) electrons. The Bertz CT molecular complexity index is 1840. The van der Waals surface area contributed by atoms with Crippen LogP contribution in [0.4, 0.5) is 9.59 Å². The van der Waals surface area contributed by atoms with Crippen LogP contribution >= 0.6 is 22.9 Å². The molecule has 3 N–H and O–H groups in total. The molecule has 0 unspecified atom stereocenters. The van der Waals surface area contributed by atoms with E-state index in [0.29, 0.717) is 32.4 Å². The summed E-state index contributed by atoms with van der Waals surface area (Å²) in [6.45, 7) is 5.71. The number of alkyl carbamates (subject to hydrolysis) is 1. The first-order valence-corrected chi connectivity index (χ1v) is 20.7. The molecule has 5 atom stereocenters. The molecule has 1 aromatic heterocycles. The summed E-state index contributed by atoms with van der Waals surface area (Å²) in [5, 5.41) is 5.54. The molecule has 2 aromatic rings. The molecular weight excluding hydrogens is 746 g/mol. The minimum absolute atomic E-state index is 0.0718. The van der Waals surface area contributed by atoms with Crippen molar-refractivity contribution in [3.63, 3.8) is 0 Å². The minimum Gasteiger partial charge on any atom is -0.444 e. The molecule has 3 aliphatic heterocycles. The Morgan fingerprint density at radius 2 is 1.64 bits per heavy atom. The normalized spacial score (nSPS) is 26.6. The predicted molar refractivity (Wildman–Crippen MR) is 195 cm³/mol. The number of ether oxygens (including phenoxy) is 2. The number of sulfonamides is 1. The predicted octanol–water partition coefficient (Wildman–Crippen LogP) is 4.84. The number of fused-ring (bicyclic) bond motifs is 3. The van der Waals surface area contributed by atoms with Crippen LogP contribution < -0.4 is 15.4 Å². The van der Waals surface area contributed by atoms with E-state index in [1.54, 1.807) is 25.7 Å². The largest absolute Gasteiger partial charge is 0.444 e. The summed E-state index contributed by atoms with van der Waals surface area (Å²) in [7, 11) is -4.29. The number of halogens is 1. The number of carbonyl (C=O) groups excluding carboxylic acids is 5. The summed E-state index contributed by atoms with van der Waals surface area (Å²) < 4.78 is 39.9. The van der Waals surface area contributed by atoms with Crippen molar-refractivity contribution in [1.82, 2.24) is 25.2 Å². The zero-order valence-corrected chi connectivity index (χ0v) is 32.4. The molecule has 0 bridgehead atoms. The number of hydrogen-bond acceptors (Lipinski definition) is 10. The van der Waals surface area contributed by atoms with E-state index >= 15 is 0 Å². The number of nitrogens with zero attached hydrogens (tertiary/aromatic N) is 2. The molecule has 288 valence electrons. The summed E-state index contributed by atoms with van der Waals surface area (Å²) in [6.07, 6.45) is 2.55. The molecule has 4 heterocycles. The van der Waals surface area contributed by atoms with Crippen molar-refractivity contribution >= 4 is 62.9 Å². The zero-order chi connectivity index (χ0) is 38.1. The van der Waals surface area contributed by atoms with Crippen molar-refractivity contribution in [2.45, 2.75) is 125 Å². The smallest absolute Gasteiger partial charge is 0.410 e. The maximum atomic E-state index is 14.4. The van der Waals surface area contributed by atoms with Crippen LogP contribution in [0.25, 0.3) is 0 Å². The van der Waals surface area contributed by atoms with E-state index < -0.39 is 69.3 Å². The first kappa shape index (κ1) is 38.8. The highest BCUT2D eigenvalue weighted by atomic mass is 35.5. The molecule has 1 aromatic carbocycles. The van der Waals surface area contributed by atoms with Gasteiger partial charge in [-0.3, -0.25) is 19.3 Å². The molecule has 5 amide bonds. The lowest BCUT2D eigenvalue weighted by Crippen LogP contribution is -2.58. The SMILES string of the molecule is CC(C)(C)OC(=O)N[C@H]1CCCCCCC[C@@H]2C[C@@]2(C(=O)NS(=O)(=O)c2ccc(Cl)s2)NC(=O)[C@@H]2C[C@@H](OC(=O)N3Cc4ccccc4C3)CN2C1=O. The number of hydrogen-bond donors (Lipinski definition) is 3. The fourth-order valence-electron chi connectivity index (χ4n) is 7.41. The number of amides is 5. The Morgan fingerprint density at radius 1 is 0.981 bits per heavy atom. The lowest BCUT2D eigenvalue weighted by molar-refractivity contribution is -0.141. The molecule has 1 saturated carbocycles. The Morgan fingerprint density at radius 3 is 2.28 bits per heavy atom. The number of thiophene rings is 1. The second-order valence-corrected chi connectivity index (χ2v) is 18.9. The summed E-state index contributed by atoms with van der Waals surface area (Å²) in [4.78, 5) is 71.7. The second kappa shape index (κ2) is 15.5. The third-order valence-electron chi connectivity index (χ3n) is 10.1. The monoisotopic (exact) mass is 791 g/mol. The molecule has 3 fully saturated rings. The van der Waals surface area contributed by atoms with Crippen molar-refractivity contribution in [1.29, 1.82) is 0 Å². The van der Waals surface area contributed by atoms with E-state index in [1.165, 1.54) is 17.0 Å². The Hall–Kier alpha value is -3.89. The molecule has 53 heavy (non-hydrogen) atoms. The number of nitrogens with one attached hydrogen (secondary N) is 3. The quantitative estimate of drug-likeness (QED) is 0.382. The number of carbonyl (C=O) groups is 5. The lowest BCUT2D eigenvalue weighted by atomic mass is 10.0. The van der Waals surface area contributed by atoms with Crippen molar-refractivity contribution in [3.8, 4) is 0 Å². The average Bonchev–Trinajstić information content (AvgIpc) is 3.44. The molecular formula is C36H46ClN5O9S2. The fraction of sp³-hybridized carbons (Fsp3) is 0.583. The van der Waals surface area contributed by atoms with Gasteiger partial charge in [0.1, 0.15) is 33.5 Å². The first-order chi connectivity index (χ1) is 25.0. The standard InChI is InChI=1S/C36H46ClN5O9S2/c1-35(2,3)51-33(46)38-26-14-8-6-4-5-7-13-24-18-36(24,32(45)40-53(48,49)29-16-15-28(37)52-29)39-30(43)27-17-25(21-42(27)31(26)44)50-34(47)41-19-22-11-9-10-12-23(22)20-41/h9-12,15-16,24-27H,4-8,13-14,17-21H2,1-3H3,(H,38,46)(H,39,43)(H,40,45)/t24-,25-,26+,27+,36-/m1/s1. The van der Waals surface area contributed by atoms with Crippen LogP contribution in [0.1, 0.15) is 89.7 Å². The maximum absolute atomic E-state index is 14.4. The van der Waals surface area contributed by atoms with Crippen LogP contribution in [0, 0.1) is 5.92 Å². The first-order valence-electron chi connectivity index (χ1n) is 18.0. The Balaban J connectivity index is 1.25. The highest BCUT2D eigenvalue weighted by Crippen LogP contribution is 2.48. The van der Waals surface area contributed by atoms with Gasteiger partial charge in [-0.25, -0.2) is 22.7 Å². The Labute approximate surface area is 318 Å². The van der Waals surface area contributed by atoms with Crippen molar-refractivity contribution in [3.05, 3.63) is 51.9 Å². The van der Waals surface area contributed by atoms with Gasteiger partial charge in [-0.2, -0.15) is 0 Å². The van der Waals surface area contributed by atoms with Gasteiger partial charge >= 0.3 is 12.2 Å². The Kier molecular flexibility index (Phi) is 11.3. The van der Waals surface area contributed by atoms with E-state index in [-0.39, 0.29) is 33.8 Å². The van der Waals surface area contributed by atoms with Crippen molar-refractivity contribution in [2.75, 3.05) is 6.54 Å². The van der Waals surface area contributed by atoms with Crippen LogP contribution in [0.15, 0.2) is 40.6 Å². The summed E-state index contributed by atoms with van der Waals surface area (Å²) >= 11 is 6.76. The van der Waals surface area contributed by atoms with Crippen LogP contribution in [0.5, 0.6) is 0 Å². The van der Waals surface area contributed by atoms with Gasteiger partial charge in [0.25, 0.3) is 15.9 Å². The maximum Gasteiger partial charge on any atom is 0.410 e. The van der Waals surface area contributed by atoms with Crippen LogP contribution in [-0.2, 0) is 47.0 Å². The van der Waals surface area contributed by atoms with Gasteiger partial charge in [-0.15, -0.1) is 11.3 Å². The topological polar surface area (TPSA) is 181 Å². The summed E-state index contributed by atoms with van der Waals surface area (Å²) in [5.41, 5.74) is -0.359. The molecule has 4 aliphatic rings. The van der Waals surface area contributed by atoms with E-state index in [0.717, 1.165) is 48.1 Å². The van der Waals surface area contributed by atoms with Crippen LogP contribution in [-0.4, -0.2) is 84.0 Å². The van der Waals surface area contributed by atoms with Crippen LogP contribution in [0.3, 0.4) is 0 Å². The molecule has 6 rings (SSSR count). The summed E-state index contributed by atoms with van der Waals surface area (Å²) in [6, 6.07) is 8.15. The van der Waals surface area contributed by atoms with Gasteiger partial charge in [0.05, 0.1) is 10.9 Å². The van der Waals surface area contributed by atoms with Gasteiger partial charge in [-0.1, -0.05) is 68.0 Å². The third kappa shape index (κ3) is 9.08. The van der Waals surface area contributed by atoms with Gasteiger partial charge in [-0.05, 0) is 69.2 Å². The van der Waals surface area contributed by atoms with Crippen LogP contribution in [0.2, 0.25) is 4.34 Å². The highest BCUT2D eigenvalue weighted by molar-refractivity contribution is 7.92. The van der Waals surface area contributed by atoms with Gasteiger partial charge in [0.15, 0.2) is 0 Å². The van der Waals surface area contributed by atoms with E-state index in [9.17, 15) is 32.4 Å². The fourth-order valence-corrected chi connectivity index (χ4v) is 9.93. The lowest BCUT2D eigenvalue weighted by Gasteiger charge is -2.30. The number of rotatable bonds is 5. The molecule has 0 spiro atoms. The minimum atomic E-state index is -4.29. The highest BCUT2D eigenvalue weighted by Gasteiger charge is 2.62. The zero-order valence-electron chi connectivity index (χ0n) is 30.0. The molecule has 14 nitrogen and oxygen atoms in total. The molecule has 17 heteroatoms. The second-order valence-electron chi connectivity index (χ2n) is 15.3. The van der Waals surface area contributed by atoms with Gasteiger partial charge < -0.3 is 25.0 Å². The average molecular weight is 792 g/mol. The van der Waals surface area contributed by atoms with Gasteiger partial charge in [0.2, 0.25) is 11.8 Å². The van der Waals surface area contributed by atoms with E-state index in [2.05, 4.69) is 15.4 Å². The molecule has 2 saturated heterocycles.